The number of ether oxygens (including phenoxy) is 1. The van der Waals surface area contributed by atoms with E-state index in [1.165, 1.54) is 0 Å². The lowest BCUT2D eigenvalue weighted by Crippen LogP contribution is -2.08. The van der Waals surface area contributed by atoms with Crippen molar-refractivity contribution in [3.8, 4) is 11.8 Å². The Morgan fingerprint density at radius 3 is 2.86 bits per heavy atom. The first kappa shape index (κ1) is 13.0. The number of aliphatic carboxylic acids is 1. The number of carboxylic acids is 1. The van der Waals surface area contributed by atoms with Crippen LogP contribution >= 0.6 is 0 Å². The molecule has 1 atom stereocenters. The molecule has 0 saturated heterocycles. The average molecular weight is 198 g/mol. The van der Waals surface area contributed by atoms with Gasteiger partial charge in [0.25, 0.3) is 0 Å². The predicted octanol–water partition coefficient (Wildman–Crippen LogP) is 2.06. The highest BCUT2D eigenvalue weighted by molar-refractivity contribution is 5.86. The van der Waals surface area contributed by atoms with Crippen molar-refractivity contribution >= 4 is 5.97 Å². The van der Waals surface area contributed by atoms with Gasteiger partial charge in [-0.25, -0.2) is 4.79 Å². The number of rotatable bonds is 6. The van der Waals surface area contributed by atoms with E-state index in [2.05, 4.69) is 18.8 Å². The lowest BCUT2D eigenvalue weighted by molar-refractivity contribution is -0.130. The molecule has 0 rings (SSSR count). The van der Waals surface area contributed by atoms with E-state index in [0.29, 0.717) is 19.1 Å². The van der Waals surface area contributed by atoms with Crippen LogP contribution in [0.2, 0.25) is 0 Å². The van der Waals surface area contributed by atoms with Crippen LogP contribution in [0.1, 0.15) is 39.5 Å². The fraction of sp³-hybridized carbons (Fsp3) is 0.727. The molecule has 0 spiro atoms. The monoisotopic (exact) mass is 198 g/mol. The molecular weight excluding hydrogens is 180 g/mol. The molecule has 3 nitrogen and oxygen atoms in total. The Morgan fingerprint density at radius 1 is 1.57 bits per heavy atom. The summed E-state index contributed by atoms with van der Waals surface area (Å²) in [5, 5.41) is 8.22. The molecule has 0 aromatic rings. The summed E-state index contributed by atoms with van der Waals surface area (Å²) in [5.41, 5.74) is 0. The van der Waals surface area contributed by atoms with Crippen LogP contribution in [-0.4, -0.2) is 23.8 Å². The summed E-state index contributed by atoms with van der Waals surface area (Å²) in [6.45, 7) is 4.83. The largest absolute Gasteiger partial charge is 0.472 e. The van der Waals surface area contributed by atoms with Crippen molar-refractivity contribution in [3.63, 3.8) is 0 Å². The van der Waals surface area contributed by atoms with Crippen molar-refractivity contribution in [1.29, 1.82) is 0 Å². The summed E-state index contributed by atoms with van der Waals surface area (Å²) < 4.78 is 5.47. The molecule has 0 heterocycles. The van der Waals surface area contributed by atoms with E-state index >= 15 is 0 Å². The summed E-state index contributed by atoms with van der Waals surface area (Å²) in [6.07, 6.45) is 3.88. The van der Waals surface area contributed by atoms with E-state index in [0.717, 1.165) is 19.3 Å². The summed E-state index contributed by atoms with van der Waals surface area (Å²) in [4.78, 5) is 10.0. The summed E-state index contributed by atoms with van der Waals surface area (Å²) >= 11 is 0. The van der Waals surface area contributed by atoms with Gasteiger partial charge in [-0.3, -0.25) is 0 Å². The van der Waals surface area contributed by atoms with Gasteiger partial charge < -0.3 is 9.84 Å². The summed E-state index contributed by atoms with van der Waals surface area (Å²) in [7, 11) is 0. The van der Waals surface area contributed by atoms with Gasteiger partial charge >= 0.3 is 5.97 Å². The third-order valence-electron chi connectivity index (χ3n) is 1.74. The van der Waals surface area contributed by atoms with Crippen LogP contribution in [0.15, 0.2) is 0 Å². The molecule has 1 unspecified atom stereocenters. The predicted molar refractivity (Wildman–Crippen MR) is 55.0 cm³/mol. The van der Waals surface area contributed by atoms with Gasteiger partial charge in [-0.05, 0) is 19.8 Å². The molecule has 14 heavy (non-hydrogen) atoms. The summed E-state index contributed by atoms with van der Waals surface area (Å²) in [5.74, 6) is 3.57. The van der Waals surface area contributed by atoms with Crippen LogP contribution in [0, 0.1) is 11.8 Å². The van der Waals surface area contributed by atoms with Crippen LogP contribution < -0.4 is 0 Å². The first-order valence-electron chi connectivity index (χ1n) is 5.00. The molecule has 0 aliphatic rings. The van der Waals surface area contributed by atoms with Gasteiger partial charge in [-0.2, -0.15) is 0 Å². The lowest BCUT2D eigenvalue weighted by Gasteiger charge is -2.10. The standard InChI is InChI=1S/C11H18O3/c1-3-7-10(2)14-9-6-4-5-8-11(12)13/h10H,3-4,6-7,9H2,1-2H3,(H,12,13). The van der Waals surface area contributed by atoms with Crippen molar-refractivity contribution < 1.29 is 14.6 Å². The topological polar surface area (TPSA) is 46.5 Å². The second kappa shape index (κ2) is 8.58. The maximum atomic E-state index is 10.0. The van der Waals surface area contributed by atoms with Crippen molar-refractivity contribution in [3.05, 3.63) is 0 Å². The van der Waals surface area contributed by atoms with Gasteiger partial charge in [-0.1, -0.05) is 19.3 Å². The number of carbonyl (C=O) groups is 1. The minimum absolute atomic E-state index is 0.299. The molecule has 1 N–H and O–H groups in total. The van der Waals surface area contributed by atoms with E-state index in [1.807, 2.05) is 6.92 Å². The second-order valence-corrected chi connectivity index (χ2v) is 3.18. The van der Waals surface area contributed by atoms with Crippen LogP contribution in [0.5, 0.6) is 0 Å². The van der Waals surface area contributed by atoms with Crippen molar-refractivity contribution in [1.82, 2.24) is 0 Å². The van der Waals surface area contributed by atoms with E-state index in [1.54, 1.807) is 0 Å². The van der Waals surface area contributed by atoms with E-state index in [-0.39, 0.29) is 0 Å². The van der Waals surface area contributed by atoms with E-state index in [4.69, 9.17) is 9.84 Å². The quantitative estimate of drug-likeness (QED) is 0.525. The van der Waals surface area contributed by atoms with Crippen LogP contribution in [-0.2, 0) is 9.53 Å². The first-order chi connectivity index (χ1) is 6.66. The maximum Gasteiger partial charge on any atom is 0.381 e. The van der Waals surface area contributed by atoms with Gasteiger partial charge in [-0.15, -0.1) is 0 Å². The van der Waals surface area contributed by atoms with Crippen LogP contribution in [0.25, 0.3) is 0 Å². The minimum atomic E-state index is -1.06. The lowest BCUT2D eigenvalue weighted by atomic mass is 10.2. The molecule has 0 amide bonds. The summed E-state index contributed by atoms with van der Waals surface area (Å²) in [6, 6.07) is 0. The van der Waals surface area contributed by atoms with Gasteiger partial charge in [0.1, 0.15) is 0 Å². The van der Waals surface area contributed by atoms with Gasteiger partial charge in [0.2, 0.25) is 0 Å². The number of hydrogen-bond donors (Lipinski definition) is 1. The molecular formula is C11H18O3. The maximum absolute atomic E-state index is 10.0. The van der Waals surface area contributed by atoms with Crippen LogP contribution in [0.4, 0.5) is 0 Å². The molecule has 0 radical (unpaired) electrons. The highest BCUT2D eigenvalue weighted by atomic mass is 16.5. The molecule has 80 valence electrons. The second-order valence-electron chi connectivity index (χ2n) is 3.18. The fourth-order valence-corrected chi connectivity index (χ4v) is 1.07. The van der Waals surface area contributed by atoms with Crippen molar-refractivity contribution in [2.24, 2.45) is 0 Å². The normalized spacial score (nSPS) is 11.6. The molecule has 3 heteroatoms. The van der Waals surface area contributed by atoms with Crippen molar-refractivity contribution in [2.45, 2.75) is 45.6 Å². The Labute approximate surface area is 85.5 Å². The molecule has 0 aromatic heterocycles. The Morgan fingerprint density at radius 2 is 2.29 bits per heavy atom. The van der Waals surface area contributed by atoms with Crippen LogP contribution in [0.3, 0.4) is 0 Å². The third-order valence-corrected chi connectivity index (χ3v) is 1.74. The van der Waals surface area contributed by atoms with Gasteiger partial charge in [0, 0.05) is 18.9 Å². The Kier molecular flexibility index (Phi) is 7.96. The Bertz CT molecular complexity index is 212. The molecule has 0 bridgehead atoms. The third kappa shape index (κ3) is 9.08. The first-order valence-corrected chi connectivity index (χ1v) is 5.00. The number of unbranched alkanes of at least 4 members (excludes halogenated alkanes) is 1. The average Bonchev–Trinajstić information content (AvgIpc) is 2.11. The van der Waals surface area contributed by atoms with Gasteiger partial charge in [0.05, 0.1) is 6.10 Å². The fourth-order valence-electron chi connectivity index (χ4n) is 1.07. The van der Waals surface area contributed by atoms with Crippen molar-refractivity contribution in [2.75, 3.05) is 6.61 Å². The number of hydrogen-bond acceptors (Lipinski definition) is 2. The van der Waals surface area contributed by atoms with E-state index in [9.17, 15) is 4.79 Å². The van der Waals surface area contributed by atoms with E-state index < -0.39 is 5.97 Å². The molecule has 0 fully saturated rings. The zero-order valence-corrected chi connectivity index (χ0v) is 8.88. The highest BCUT2D eigenvalue weighted by Gasteiger charge is 1.98. The Hall–Kier alpha value is -1.01. The Balaban J connectivity index is 3.30. The smallest absolute Gasteiger partial charge is 0.381 e. The minimum Gasteiger partial charge on any atom is -0.472 e. The highest BCUT2D eigenvalue weighted by Crippen LogP contribution is 2.01. The molecule has 0 aromatic carbocycles. The van der Waals surface area contributed by atoms with Gasteiger partial charge in [0.15, 0.2) is 0 Å². The number of carboxylic acid groups (broad SMARTS) is 1. The SMILES string of the molecule is CCCC(C)OCCCC#CC(=O)O. The zero-order chi connectivity index (χ0) is 10.8. The molecule has 0 aliphatic carbocycles. The zero-order valence-electron chi connectivity index (χ0n) is 8.88. The molecule has 0 aliphatic heterocycles. The molecule has 0 saturated carbocycles.